The van der Waals surface area contributed by atoms with Crippen LogP contribution in [0.3, 0.4) is 0 Å². The van der Waals surface area contributed by atoms with E-state index >= 15 is 0 Å². The minimum absolute atomic E-state index is 0.0480. The first kappa shape index (κ1) is 18.7. The number of esters is 1. The first-order chi connectivity index (χ1) is 12.0. The van der Waals surface area contributed by atoms with E-state index < -0.39 is 30.2 Å². The molecule has 25 heavy (non-hydrogen) atoms. The molecule has 0 amide bonds. The Morgan fingerprint density at radius 2 is 1.72 bits per heavy atom. The third kappa shape index (κ3) is 5.74. The van der Waals surface area contributed by atoms with Crippen molar-refractivity contribution < 1.29 is 29.3 Å². The van der Waals surface area contributed by atoms with Crippen LogP contribution in [0.2, 0.25) is 0 Å². The zero-order valence-electron chi connectivity index (χ0n) is 13.9. The highest BCUT2D eigenvalue weighted by molar-refractivity contribution is 5.95. The van der Waals surface area contributed by atoms with Crippen molar-refractivity contribution in [1.82, 2.24) is 0 Å². The SMILES string of the molecule is O=C(CC(C(=O)O)C(=CC1CCCCC1)C(=O)O)Oc1ccccc1. The van der Waals surface area contributed by atoms with Crippen molar-refractivity contribution in [3.8, 4) is 5.75 Å². The van der Waals surface area contributed by atoms with Crippen molar-refractivity contribution in [2.75, 3.05) is 0 Å². The van der Waals surface area contributed by atoms with E-state index in [2.05, 4.69) is 0 Å². The molecule has 6 heteroatoms. The Bertz CT molecular complexity index is 643. The number of benzene rings is 1. The molecule has 1 aromatic carbocycles. The molecule has 134 valence electrons. The average molecular weight is 346 g/mol. The molecule has 2 N–H and O–H groups in total. The summed E-state index contributed by atoms with van der Waals surface area (Å²) in [6.45, 7) is 0. The summed E-state index contributed by atoms with van der Waals surface area (Å²) in [5, 5.41) is 18.9. The second kappa shape index (κ2) is 9.01. The minimum atomic E-state index is -1.42. The molecule has 1 aromatic rings. The van der Waals surface area contributed by atoms with Gasteiger partial charge in [0.15, 0.2) is 0 Å². The second-order valence-electron chi connectivity index (χ2n) is 6.21. The predicted octanol–water partition coefficient (Wildman–Crippen LogP) is 3.27. The molecule has 0 aromatic heterocycles. The third-order valence-corrected chi connectivity index (χ3v) is 4.33. The predicted molar refractivity (Wildman–Crippen MR) is 90.1 cm³/mol. The molecule has 0 saturated heterocycles. The van der Waals surface area contributed by atoms with E-state index in [0.717, 1.165) is 32.1 Å². The van der Waals surface area contributed by atoms with Gasteiger partial charge in [-0.2, -0.15) is 0 Å². The standard InChI is InChI=1S/C19H22O6/c20-17(25-14-9-5-2-6-10-14)12-16(19(23)24)15(18(21)22)11-13-7-3-1-4-8-13/h2,5-6,9-11,13,16H,1,3-4,7-8,12H2,(H,21,22)(H,23,24). The van der Waals surface area contributed by atoms with Crippen LogP contribution in [0.4, 0.5) is 0 Å². The minimum Gasteiger partial charge on any atom is -0.481 e. The van der Waals surface area contributed by atoms with Gasteiger partial charge in [0.25, 0.3) is 0 Å². The molecule has 6 nitrogen and oxygen atoms in total. The molecule has 1 aliphatic carbocycles. The monoisotopic (exact) mass is 346 g/mol. The van der Waals surface area contributed by atoms with Crippen LogP contribution in [-0.2, 0) is 14.4 Å². The zero-order chi connectivity index (χ0) is 18.2. The number of aliphatic carboxylic acids is 2. The number of rotatable bonds is 7. The highest BCUT2D eigenvalue weighted by Gasteiger charge is 2.31. The molecule has 1 fully saturated rings. The summed E-state index contributed by atoms with van der Waals surface area (Å²) in [4.78, 5) is 35.2. The van der Waals surface area contributed by atoms with E-state index in [9.17, 15) is 24.6 Å². The number of carboxylic acid groups (broad SMARTS) is 2. The van der Waals surface area contributed by atoms with Gasteiger partial charge in [-0.25, -0.2) is 4.79 Å². The average Bonchev–Trinajstić information content (AvgIpc) is 2.59. The van der Waals surface area contributed by atoms with Crippen LogP contribution in [0.25, 0.3) is 0 Å². The van der Waals surface area contributed by atoms with Gasteiger partial charge in [0, 0.05) is 5.57 Å². The Hall–Kier alpha value is -2.63. The van der Waals surface area contributed by atoms with E-state index in [1.807, 2.05) is 0 Å². The highest BCUT2D eigenvalue weighted by atomic mass is 16.5. The molecule has 1 unspecified atom stereocenters. The van der Waals surface area contributed by atoms with Crippen molar-refractivity contribution in [2.45, 2.75) is 38.5 Å². The van der Waals surface area contributed by atoms with Crippen LogP contribution >= 0.6 is 0 Å². The van der Waals surface area contributed by atoms with Crippen molar-refractivity contribution in [3.05, 3.63) is 42.0 Å². The van der Waals surface area contributed by atoms with Crippen LogP contribution in [0.5, 0.6) is 5.75 Å². The topological polar surface area (TPSA) is 101 Å². The van der Waals surface area contributed by atoms with Gasteiger partial charge in [-0.3, -0.25) is 9.59 Å². The van der Waals surface area contributed by atoms with E-state index in [4.69, 9.17) is 4.74 Å². The molecule has 1 atom stereocenters. The summed E-state index contributed by atoms with van der Waals surface area (Å²) in [5.41, 5.74) is -0.232. The summed E-state index contributed by atoms with van der Waals surface area (Å²) in [6, 6.07) is 8.27. The zero-order valence-corrected chi connectivity index (χ0v) is 13.9. The Balaban J connectivity index is 2.13. The van der Waals surface area contributed by atoms with Gasteiger partial charge in [0.05, 0.1) is 12.3 Å². The maximum Gasteiger partial charge on any atom is 0.332 e. The largest absolute Gasteiger partial charge is 0.481 e. The van der Waals surface area contributed by atoms with Crippen molar-refractivity contribution in [3.63, 3.8) is 0 Å². The maximum atomic E-state index is 12.0. The number of ether oxygens (including phenoxy) is 1. The number of hydrogen-bond donors (Lipinski definition) is 2. The normalized spacial score (nSPS) is 16.9. The molecule has 0 heterocycles. The number of carboxylic acids is 2. The molecule has 2 rings (SSSR count). The summed E-state index contributed by atoms with van der Waals surface area (Å²) in [7, 11) is 0. The van der Waals surface area contributed by atoms with Crippen molar-refractivity contribution in [2.24, 2.45) is 11.8 Å². The van der Waals surface area contributed by atoms with Crippen LogP contribution in [0, 0.1) is 11.8 Å². The van der Waals surface area contributed by atoms with Crippen molar-refractivity contribution >= 4 is 17.9 Å². The van der Waals surface area contributed by atoms with Crippen LogP contribution in [-0.4, -0.2) is 28.1 Å². The third-order valence-electron chi connectivity index (χ3n) is 4.33. The number of para-hydroxylation sites is 1. The van der Waals surface area contributed by atoms with E-state index in [1.54, 1.807) is 30.3 Å². The summed E-state index contributed by atoms with van der Waals surface area (Å²) >= 11 is 0. The number of allylic oxidation sites excluding steroid dienone is 1. The van der Waals surface area contributed by atoms with Gasteiger partial charge >= 0.3 is 17.9 Å². The lowest BCUT2D eigenvalue weighted by Crippen LogP contribution is -2.27. The fourth-order valence-electron chi connectivity index (χ4n) is 3.05. The lowest BCUT2D eigenvalue weighted by molar-refractivity contribution is -0.147. The summed E-state index contributed by atoms with van der Waals surface area (Å²) in [6.07, 6.45) is 5.81. The number of carbonyl (C=O) groups is 3. The fraction of sp³-hybridized carbons (Fsp3) is 0.421. The molecule has 0 aliphatic heterocycles. The molecule has 0 bridgehead atoms. The van der Waals surface area contributed by atoms with Gasteiger partial charge in [0.1, 0.15) is 5.75 Å². The number of hydrogen-bond acceptors (Lipinski definition) is 4. The molecular weight excluding hydrogens is 324 g/mol. The first-order valence-corrected chi connectivity index (χ1v) is 8.41. The van der Waals surface area contributed by atoms with E-state index in [1.165, 1.54) is 6.08 Å². The smallest absolute Gasteiger partial charge is 0.332 e. The molecule has 1 saturated carbocycles. The van der Waals surface area contributed by atoms with Gasteiger partial charge in [-0.1, -0.05) is 43.5 Å². The van der Waals surface area contributed by atoms with Gasteiger partial charge in [0.2, 0.25) is 0 Å². The Kier molecular flexibility index (Phi) is 6.74. The number of carbonyl (C=O) groups excluding carboxylic acids is 1. The van der Waals surface area contributed by atoms with Gasteiger partial charge < -0.3 is 14.9 Å². The summed E-state index contributed by atoms with van der Waals surface area (Å²) < 4.78 is 5.09. The lowest BCUT2D eigenvalue weighted by Gasteiger charge is -2.20. The van der Waals surface area contributed by atoms with Gasteiger partial charge in [-0.05, 0) is 30.9 Å². The van der Waals surface area contributed by atoms with Crippen LogP contribution in [0.1, 0.15) is 38.5 Å². The summed E-state index contributed by atoms with van der Waals surface area (Å²) in [5.74, 6) is -4.48. The molecular formula is C19H22O6. The highest BCUT2D eigenvalue weighted by Crippen LogP contribution is 2.28. The quantitative estimate of drug-likeness (QED) is 0.446. The molecule has 0 spiro atoms. The first-order valence-electron chi connectivity index (χ1n) is 8.41. The Morgan fingerprint density at radius 1 is 1.08 bits per heavy atom. The molecule has 0 radical (unpaired) electrons. The fourth-order valence-corrected chi connectivity index (χ4v) is 3.05. The van der Waals surface area contributed by atoms with E-state index in [-0.39, 0.29) is 11.5 Å². The van der Waals surface area contributed by atoms with E-state index in [0.29, 0.717) is 5.75 Å². The van der Waals surface area contributed by atoms with Crippen molar-refractivity contribution in [1.29, 1.82) is 0 Å². The van der Waals surface area contributed by atoms with Crippen LogP contribution in [0.15, 0.2) is 42.0 Å². The van der Waals surface area contributed by atoms with Crippen LogP contribution < -0.4 is 4.74 Å². The molecule has 1 aliphatic rings. The lowest BCUT2D eigenvalue weighted by atomic mass is 9.85. The maximum absolute atomic E-state index is 12.0. The van der Waals surface area contributed by atoms with Gasteiger partial charge in [-0.15, -0.1) is 0 Å². The second-order valence-corrected chi connectivity index (χ2v) is 6.21. The Morgan fingerprint density at radius 3 is 2.28 bits per heavy atom. The Labute approximate surface area is 146 Å².